The van der Waals surface area contributed by atoms with Crippen LogP contribution in [0, 0.1) is 6.92 Å². The van der Waals surface area contributed by atoms with E-state index in [9.17, 15) is 0 Å². The molecule has 0 aromatic carbocycles. The number of imidazole rings is 1. The van der Waals surface area contributed by atoms with Gasteiger partial charge in [0, 0.05) is 43.5 Å². The van der Waals surface area contributed by atoms with E-state index in [4.69, 9.17) is 0 Å². The fourth-order valence-corrected chi connectivity index (χ4v) is 2.71. The summed E-state index contributed by atoms with van der Waals surface area (Å²) in [6.07, 6.45) is 6.74. The van der Waals surface area contributed by atoms with Gasteiger partial charge >= 0.3 is 0 Å². The first-order valence-electron chi connectivity index (χ1n) is 6.36. The zero-order chi connectivity index (χ0) is 13.2. The smallest absolute Gasteiger partial charge is 0.187 e. The van der Waals surface area contributed by atoms with Gasteiger partial charge in [0.05, 0.1) is 17.7 Å². The van der Waals surface area contributed by atoms with Crippen molar-refractivity contribution >= 4 is 11.8 Å². The number of fused-ring (bicyclic) bond motifs is 1. The van der Waals surface area contributed by atoms with Gasteiger partial charge < -0.3 is 4.98 Å². The summed E-state index contributed by atoms with van der Waals surface area (Å²) in [6.45, 7) is 4.90. The molecule has 0 unspecified atom stereocenters. The van der Waals surface area contributed by atoms with Gasteiger partial charge in [0.1, 0.15) is 0 Å². The van der Waals surface area contributed by atoms with Crippen molar-refractivity contribution in [2.75, 3.05) is 12.8 Å². The molecule has 0 aliphatic carbocycles. The lowest BCUT2D eigenvalue weighted by atomic mass is 10.1. The number of hydrogen-bond donors (Lipinski definition) is 1. The van der Waals surface area contributed by atoms with E-state index in [2.05, 4.69) is 31.8 Å². The number of aromatic nitrogens is 4. The van der Waals surface area contributed by atoms with E-state index in [1.54, 1.807) is 18.1 Å². The quantitative estimate of drug-likeness (QED) is 0.683. The number of hydrogen-bond acceptors (Lipinski definition) is 5. The van der Waals surface area contributed by atoms with Gasteiger partial charge in [-0.1, -0.05) is 11.8 Å². The van der Waals surface area contributed by atoms with Crippen LogP contribution in [0.25, 0.3) is 0 Å². The number of nitrogens with one attached hydrogen (secondary N) is 1. The standard InChI is InChI=1S/C13H17N5S/c1-9-12(16-8-15-9)7-18-4-3-11-10(6-18)5-14-13(17-11)19-2/h5,8H,3-4,6-7H2,1-2H3,(H,15,16). The molecule has 19 heavy (non-hydrogen) atoms. The Kier molecular flexibility index (Phi) is 3.52. The molecule has 0 saturated carbocycles. The van der Waals surface area contributed by atoms with Crippen LogP contribution in [0.1, 0.15) is 22.6 Å². The van der Waals surface area contributed by atoms with E-state index in [-0.39, 0.29) is 0 Å². The van der Waals surface area contributed by atoms with Gasteiger partial charge in [0.2, 0.25) is 0 Å². The molecule has 0 fully saturated rings. The minimum Gasteiger partial charge on any atom is -0.348 e. The van der Waals surface area contributed by atoms with Crippen LogP contribution in [0.4, 0.5) is 0 Å². The van der Waals surface area contributed by atoms with Crippen molar-refractivity contribution in [3.8, 4) is 0 Å². The van der Waals surface area contributed by atoms with Crippen molar-refractivity contribution in [3.05, 3.63) is 35.2 Å². The molecule has 0 radical (unpaired) electrons. The molecule has 0 saturated heterocycles. The molecule has 5 nitrogen and oxygen atoms in total. The van der Waals surface area contributed by atoms with Gasteiger partial charge in [-0.05, 0) is 13.2 Å². The number of aryl methyl sites for hydroxylation is 1. The Balaban J connectivity index is 1.74. The first kappa shape index (κ1) is 12.6. The van der Waals surface area contributed by atoms with Crippen molar-refractivity contribution in [3.63, 3.8) is 0 Å². The summed E-state index contributed by atoms with van der Waals surface area (Å²) >= 11 is 1.60. The lowest BCUT2D eigenvalue weighted by Crippen LogP contribution is -2.31. The number of thioether (sulfide) groups is 1. The fourth-order valence-electron chi connectivity index (χ4n) is 2.35. The highest BCUT2D eigenvalue weighted by Crippen LogP contribution is 2.20. The molecule has 0 amide bonds. The molecule has 1 N–H and O–H groups in total. The van der Waals surface area contributed by atoms with Crippen LogP contribution in [0.2, 0.25) is 0 Å². The number of H-pyrrole nitrogens is 1. The predicted octanol–water partition coefficient (Wildman–Crippen LogP) is 1.79. The monoisotopic (exact) mass is 275 g/mol. The van der Waals surface area contributed by atoms with Gasteiger partial charge in [0.25, 0.3) is 0 Å². The van der Waals surface area contributed by atoms with Gasteiger partial charge in [-0.15, -0.1) is 0 Å². The highest BCUT2D eigenvalue weighted by molar-refractivity contribution is 7.98. The minimum atomic E-state index is 0.871. The third-order valence-electron chi connectivity index (χ3n) is 3.48. The Morgan fingerprint density at radius 2 is 2.32 bits per heavy atom. The van der Waals surface area contributed by atoms with Crippen molar-refractivity contribution in [2.24, 2.45) is 0 Å². The normalized spacial score (nSPS) is 15.5. The first-order valence-corrected chi connectivity index (χ1v) is 7.58. The van der Waals surface area contributed by atoms with Crippen molar-refractivity contribution < 1.29 is 0 Å². The molecule has 1 aliphatic heterocycles. The zero-order valence-corrected chi connectivity index (χ0v) is 12.0. The highest BCUT2D eigenvalue weighted by Gasteiger charge is 2.19. The molecule has 2 aromatic rings. The maximum atomic E-state index is 4.58. The number of aromatic amines is 1. The van der Waals surface area contributed by atoms with E-state index in [0.717, 1.165) is 42.6 Å². The molecular weight excluding hydrogens is 258 g/mol. The Morgan fingerprint density at radius 3 is 3.05 bits per heavy atom. The summed E-state index contributed by atoms with van der Waals surface area (Å²) in [5.41, 5.74) is 4.73. The third-order valence-corrected chi connectivity index (χ3v) is 4.04. The summed E-state index contributed by atoms with van der Waals surface area (Å²) in [7, 11) is 0. The van der Waals surface area contributed by atoms with Gasteiger partial charge in [0.15, 0.2) is 5.16 Å². The summed E-state index contributed by atoms with van der Waals surface area (Å²) in [5.74, 6) is 0. The second kappa shape index (κ2) is 5.30. The fraction of sp³-hybridized carbons (Fsp3) is 0.462. The van der Waals surface area contributed by atoms with E-state index >= 15 is 0 Å². The molecule has 2 aromatic heterocycles. The van der Waals surface area contributed by atoms with Crippen LogP contribution in [0.15, 0.2) is 17.7 Å². The highest BCUT2D eigenvalue weighted by atomic mass is 32.2. The van der Waals surface area contributed by atoms with Gasteiger partial charge in [-0.2, -0.15) is 0 Å². The van der Waals surface area contributed by atoms with Crippen molar-refractivity contribution in [1.29, 1.82) is 0 Å². The first-order chi connectivity index (χ1) is 9.26. The topological polar surface area (TPSA) is 57.7 Å². The van der Waals surface area contributed by atoms with Crippen molar-refractivity contribution in [1.82, 2.24) is 24.8 Å². The summed E-state index contributed by atoms with van der Waals surface area (Å²) in [5, 5.41) is 0.871. The number of rotatable bonds is 3. The van der Waals surface area contributed by atoms with Crippen LogP contribution < -0.4 is 0 Å². The molecule has 6 heteroatoms. The number of nitrogens with zero attached hydrogens (tertiary/aromatic N) is 4. The zero-order valence-electron chi connectivity index (χ0n) is 11.2. The summed E-state index contributed by atoms with van der Waals surface area (Å²) < 4.78 is 0. The molecule has 0 bridgehead atoms. The molecule has 3 rings (SSSR count). The largest absolute Gasteiger partial charge is 0.348 e. The maximum Gasteiger partial charge on any atom is 0.187 e. The van der Waals surface area contributed by atoms with E-state index in [0.29, 0.717) is 0 Å². The van der Waals surface area contributed by atoms with Gasteiger partial charge in [-0.3, -0.25) is 4.90 Å². The minimum absolute atomic E-state index is 0.871. The van der Waals surface area contributed by atoms with E-state index in [1.807, 2.05) is 12.5 Å². The summed E-state index contributed by atoms with van der Waals surface area (Å²) in [6, 6.07) is 0. The average molecular weight is 275 g/mol. The average Bonchev–Trinajstić information content (AvgIpc) is 2.84. The molecular formula is C13H17N5S. The maximum absolute atomic E-state index is 4.58. The Hall–Kier alpha value is -1.40. The molecule has 3 heterocycles. The molecule has 100 valence electrons. The van der Waals surface area contributed by atoms with E-state index < -0.39 is 0 Å². The second-order valence-corrected chi connectivity index (χ2v) is 5.54. The Bertz CT molecular complexity index is 580. The van der Waals surface area contributed by atoms with E-state index in [1.165, 1.54) is 11.3 Å². The molecule has 1 aliphatic rings. The van der Waals surface area contributed by atoms with Crippen molar-refractivity contribution in [2.45, 2.75) is 31.6 Å². The molecule has 0 spiro atoms. The molecule has 0 atom stereocenters. The summed E-state index contributed by atoms with van der Waals surface area (Å²) in [4.78, 5) is 18.8. The lowest BCUT2D eigenvalue weighted by Gasteiger charge is -2.27. The third kappa shape index (κ3) is 2.64. The van der Waals surface area contributed by atoms with Crippen LogP contribution >= 0.6 is 11.8 Å². The van der Waals surface area contributed by atoms with Crippen LogP contribution in [0.5, 0.6) is 0 Å². The van der Waals surface area contributed by atoms with Gasteiger partial charge in [-0.25, -0.2) is 15.0 Å². The predicted molar refractivity (Wildman–Crippen MR) is 75.0 cm³/mol. The lowest BCUT2D eigenvalue weighted by molar-refractivity contribution is 0.239. The van der Waals surface area contributed by atoms with Crippen LogP contribution in [-0.4, -0.2) is 37.6 Å². The SMILES string of the molecule is CSc1ncc2c(n1)CCN(Cc1nc[nH]c1C)C2. The Morgan fingerprint density at radius 1 is 1.42 bits per heavy atom. The second-order valence-electron chi connectivity index (χ2n) is 4.76. The van der Waals surface area contributed by atoms with Crippen LogP contribution in [-0.2, 0) is 19.5 Å². The Labute approximate surface area is 116 Å². The van der Waals surface area contributed by atoms with Crippen LogP contribution in [0.3, 0.4) is 0 Å².